The highest BCUT2D eigenvalue weighted by Gasteiger charge is 2.07. The Balaban J connectivity index is 3.44. The van der Waals surface area contributed by atoms with E-state index in [1.165, 1.54) is 0 Å². The van der Waals surface area contributed by atoms with Crippen molar-refractivity contribution < 1.29 is 13.2 Å². The van der Waals surface area contributed by atoms with Crippen LogP contribution in [0.1, 0.15) is 6.92 Å². The Morgan fingerprint density at radius 1 is 1.43 bits per heavy atom. The Kier molecular flexibility index (Phi) is 5.66. The third-order valence-corrected chi connectivity index (χ3v) is 2.33. The highest BCUT2D eigenvalue weighted by molar-refractivity contribution is 7.88. The first-order valence-corrected chi connectivity index (χ1v) is 6.16. The van der Waals surface area contributed by atoms with Crippen LogP contribution in [-0.2, 0) is 14.8 Å². The second-order valence-electron chi connectivity index (χ2n) is 3.17. The normalized spacial score (nSPS) is 13.9. The molecule has 0 spiro atoms. The molecule has 0 aromatic rings. The summed E-state index contributed by atoms with van der Waals surface area (Å²) < 4.78 is 23.6. The van der Waals surface area contributed by atoms with Gasteiger partial charge in [-0.05, 0) is 0 Å². The average Bonchev–Trinajstić information content (AvgIpc) is 2.01. The summed E-state index contributed by atoms with van der Waals surface area (Å²) in [4.78, 5) is 10.6. The van der Waals surface area contributed by atoms with Gasteiger partial charge >= 0.3 is 0 Å². The first-order valence-electron chi connectivity index (χ1n) is 4.27. The number of amides is 1. The van der Waals surface area contributed by atoms with E-state index in [1.54, 1.807) is 6.92 Å². The van der Waals surface area contributed by atoms with Gasteiger partial charge in [0.05, 0.1) is 6.26 Å². The van der Waals surface area contributed by atoms with Gasteiger partial charge in [0.25, 0.3) is 0 Å². The van der Waals surface area contributed by atoms with Crippen molar-refractivity contribution in [2.75, 3.05) is 25.9 Å². The quantitative estimate of drug-likeness (QED) is 0.445. The van der Waals surface area contributed by atoms with Crippen LogP contribution in [0.4, 0.5) is 0 Å². The molecule has 1 atom stereocenters. The van der Waals surface area contributed by atoms with Crippen molar-refractivity contribution in [3.05, 3.63) is 0 Å². The predicted molar refractivity (Wildman–Crippen MR) is 54.1 cm³/mol. The molecule has 14 heavy (non-hydrogen) atoms. The zero-order chi connectivity index (χ0) is 11.2. The molecule has 84 valence electrons. The molecule has 0 aliphatic rings. The van der Waals surface area contributed by atoms with Crippen molar-refractivity contribution in [3.8, 4) is 0 Å². The molecule has 0 radical (unpaired) electrons. The van der Waals surface area contributed by atoms with Crippen LogP contribution in [0.5, 0.6) is 0 Å². The lowest BCUT2D eigenvalue weighted by Crippen LogP contribution is -2.36. The maximum Gasteiger partial charge on any atom is 0.221 e. The summed E-state index contributed by atoms with van der Waals surface area (Å²) in [6.07, 6.45) is 1.10. The van der Waals surface area contributed by atoms with E-state index < -0.39 is 10.0 Å². The minimum absolute atomic E-state index is 0.242. The topological polar surface area (TPSA) is 101 Å². The molecule has 0 heterocycles. The number of rotatable bonds is 7. The van der Waals surface area contributed by atoms with Crippen LogP contribution in [-0.4, -0.2) is 40.2 Å². The number of hydrogen-bond donors (Lipinski definition) is 3. The lowest BCUT2D eigenvalue weighted by atomic mass is 10.2. The predicted octanol–water partition coefficient (Wildman–Crippen LogP) is -1.75. The van der Waals surface area contributed by atoms with Gasteiger partial charge in [-0.25, -0.2) is 13.1 Å². The largest absolute Gasteiger partial charge is 0.369 e. The van der Waals surface area contributed by atoms with Crippen LogP contribution in [0, 0.1) is 5.92 Å². The van der Waals surface area contributed by atoms with E-state index in [2.05, 4.69) is 10.0 Å². The van der Waals surface area contributed by atoms with Gasteiger partial charge in [-0.2, -0.15) is 0 Å². The van der Waals surface area contributed by atoms with Gasteiger partial charge in [0.15, 0.2) is 0 Å². The van der Waals surface area contributed by atoms with Crippen LogP contribution < -0.4 is 15.8 Å². The first-order chi connectivity index (χ1) is 6.33. The van der Waals surface area contributed by atoms with E-state index in [1.807, 2.05) is 0 Å². The molecular formula is C7H17N3O3S. The lowest BCUT2D eigenvalue weighted by Gasteiger charge is -2.08. The van der Waals surface area contributed by atoms with E-state index in [9.17, 15) is 13.2 Å². The summed E-state index contributed by atoms with van der Waals surface area (Å²) >= 11 is 0. The number of hydrogen-bond acceptors (Lipinski definition) is 4. The fourth-order valence-corrected chi connectivity index (χ4v) is 1.22. The molecule has 1 unspecified atom stereocenters. The van der Waals surface area contributed by atoms with Crippen molar-refractivity contribution in [1.82, 2.24) is 10.0 Å². The van der Waals surface area contributed by atoms with Gasteiger partial charge in [-0.15, -0.1) is 0 Å². The van der Waals surface area contributed by atoms with E-state index in [-0.39, 0.29) is 11.8 Å². The Hall–Kier alpha value is -0.660. The lowest BCUT2D eigenvalue weighted by molar-refractivity contribution is -0.121. The van der Waals surface area contributed by atoms with Crippen LogP contribution in [0.15, 0.2) is 0 Å². The number of primary amides is 1. The van der Waals surface area contributed by atoms with E-state index >= 15 is 0 Å². The summed E-state index contributed by atoms with van der Waals surface area (Å²) in [6.45, 7) is 2.95. The van der Waals surface area contributed by atoms with Gasteiger partial charge < -0.3 is 11.1 Å². The molecule has 0 aliphatic heterocycles. The molecule has 7 heteroatoms. The SMILES string of the molecule is CC(CNCCNS(C)(=O)=O)C(N)=O. The molecule has 0 aromatic heterocycles. The van der Waals surface area contributed by atoms with Crippen molar-refractivity contribution in [2.24, 2.45) is 11.7 Å². The molecule has 1 amide bonds. The fraction of sp³-hybridized carbons (Fsp3) is 0.857. The second kappa shape index (κ2) is 5.94. The average molecular weight is 223 g/mol. The van der Waals surface area contributed by atoms with Gasteiger partial charge in [0.1, 0.15) is 0 Å². The molecule has 0 aliphatic carbocycles. The van der Waals surface area contributed by atoms with E-state index in [0.717, 1.165) is 6.26 Å². The van der Waals surface area contributed by atoms with Crippen molar-refractivity contribution in [2.45, 2.75) is 6.92 Å². The van der Waals surface area contributed by atoms with Gasteiger partial charge in [-0.3, -0.25) is 4.79 Å². The molecule has 0 fully saturated rings. The first kappa shape index (κ1) is 13.3. The van der Waals surface area contributed by atoms with E-state index in [4.69, 9.17) is 5.73 Å². The molecule has 0 aromatic carbocycles. The second-order valence-corrected chi connectivity index (χ2v) is 5.01. The Morgan fingerprint density at radius 2 is 2.00 bits per heavy atom. The van der Waals surface area contributed by atoms with Gasteiger partial charge in [0, 0.05) is 25.6 Å². The fourth-order valence-electron chi connectivity index (χ4n) is 0.744. The monoisotopic (exact) mass is 223 g/mol. The van der Waals surface area contributed by atoms with Crippen LogP contribution >= 0.6 is 0 Å². The number of carbonyl (C=O) groups excluding carboxylic acids is 1. The summed E-state index contributed by atoms with van der Waals surface area (Å²) in [5.74, 6) is -0.609. The summed E-state index contributed by atoms with van der Waals surface area (Å²) in [6, 6.07) is 0. The number of carbonyl (C=O) groups is 1. The van der Waals surface area contributed by atoms with Gasteiger partial charge in [0.2, 0.25) is 15.9 Å². The third kappa shape index (κ3) is 7.96. The highest BCUT2D eigenvalue weighted by Crippen LogP contribution is 1.88. The number of nitrogens with two attached hydrogens (primary N) is 1. The highest BCUT2D eigenvalue weighted by atomic mass is 32.2. The smallest absolute Gasteiger partial charge is 0.221 e. The Morgan fingerprint density at radius 3 is 2.43 bits per heavy atom. The molecule has 0 saturated carbocycles. The number of nitrogens with one attached hydrogen (secondary N) is 2. The Labute approximate surface area is 84.3 Å². The molecular weight excluding hydrogens is 206 g/mol. The standard InChI is InChI=1S/C7H17N3O3S/c1-6(7(8)11)5-9-3-4-10-14(2,12)13/h6,9-10H,3-5H2,1-2H3,(H2,8,11). The minimum Gasteiger partial charge on any atom is -0.369 e. The molecule has 6 nitrogen and oxygen atoms in total. The Bertz CT molecular complexity index is 276. The third-order valence-electron chi connectivity index (χ3n) is 1.60. The van der Waals surface area contributed by atoms with Crippen molar-refractivity contribution >= 4 is 15.9 Å². The summed E-state index contributed by atoms with van der Waals surface area (Å²) in [5.41, 5.74) is 5.03. The maximum absolute atomic E-state index is 10.6. The van der Waals surface area contributed by atoms with Crippen LogP contribution in [0.3, 0.4) is 0 Å². The minimum atomic E-state index is -3.12. The molecule has 4 N–H and O–H groups in total. The van der Waals surface area contributed by atoms with Crippen molar-refractivity contribution in [1.29, 1.82) is 0 Å². The van der Waals surface area contributed by atoms with Crippen LogP contribution in [0.2, 0.25) is 0 Å². The van der Waals surface area contributed by atoms with Gasteiger partial charge in [-0.1, -0.05) is 6.92 Å². The number of sulfonamides is 1. The van der Waals surface area contributed by atoms with E-state index in [0.29, 0.717) is 19.6 Å². The zero-order valence-corrected chi connectivity index (χ0v) is 9.23. The molecule has 0 bridgehead atoms. The maximum atomic E-state index is 10.6. The van der Waals surface area contributed by atoms with Crippen molar-refractivity contribution in [3.63, 3.8) is 0 Å². The zero-order valence-electron chi connectivity index (χ0n) is 8.41. The molecule has 0 rings (SSSR count). The van der Waals surface area contributed by atoms with Crippen LogP contribution in [0.25, 0.3) is 0 Å². The summed E-state index contributed by atoms with van der Waals surface area (Å²) in [7, 11) is -3.12. The summed E-state index contributed by atoms with van der Waals surface area (Å²) in [5, 5.41) is 2.91. The molecule has 0 saturated heterocycles.